The van der Waals surface area contributed by atoms with Crippen molar-refractivity contribution in [2.75, 3.05) is 18.0 Å². The van der Waals surface area contributed by atoms with Gasteiger partial charge >= 0.3 is 0 Å². The van der Waals surface area contributed by atoms with Crippen LogP contribution in [-0.2, 0) is 14.8 Å². The molecule has 0 aliphatic heterocycles. The van der Waals surface area contributed by atoms with E-state index in [1.165, 1.54) is 31.4 Å². The third kappa shape index (κ3) is 5.66. The second-order valence-corrected chi connectivity index (χ2v) is 9.06. The van der Waals surface area contributed by atoms with Crippen molar-refractivity contribution in [3.8, 4) is 5.75 Å². The van der Waals surface area contributed by atoms with Crippen molar-refractivity contribution in [1.82, 2.24) is 5.43 Å². The molecule has 3 rings (SSSR count). The Morgan fingerprint density at radius 1 is 1.00 bits per heavy atom. The maximum absolute atomic E-state index is 13.3. The Morgan fingerprint density at radius 2 is 1.62 bits per heavy atom. The summed E-state index contributed by atoms with van der Waals surface area (Å²) in [5.74, 6) is -0.0715. The summed E-state index contributed by atoms with van der Waals surface area (Å²) in [4.78, 5) is 12.7. The number of hydrazone groups is 1. The van der Waals surface area contributed by atoms with Crippen molar-refractivity contribution < 1.29 is 17.9 Å². The molecule has 0 aliphatic rings. The number of carbonyl (C=O) groups excluding carboxylic acids is 1. The highest BCUT2D eigenvalue weighted by Gasteiger charge is 2.27. The van der Waals surface area contributed by atoms with Crippen LogP contribution in [0.1, 0.15) is 12.5 Å². The summed E-state index contributed by atoms with van der Waals surface area (Å²) in [6.07, 6.45) is 0. The molecule has 0 spiro atoms. The minimum atomic E-state index is -4.05. The molecule has 166 valence electrons. The normalized spacial score (nSPS) is 11.7. The van der Waals surface area contributed by atoms with Crippen LogP contribution < -0.4 is 14.5 Å². The Balaban J connectivity index is 1.87. The second kappa shape index (κ2) is 10.3. The van der Waals surface area contributed by atoms with Gasteiger partial charge in [-0.3, -0.25) is 9.10 Å². The molecule has 0 saturated heterocycles. The van der Waals surface area contributed by atoms with E-state index in [1.54, 1.807) is 31.2 Å². The van der Waals surface area contributed by atoms with E-state index >= 15 is 0 Å². The molecular formula is C23H22ClN3O4S. The van der Waals surface area contributed by atoms with Gasteiger partial charge < -0.3 is 4.74 Å². The smallest absolute Gasteiger partial charge is 0.264 e. The fourth-order valence-electron chi connectivity index (χ4n) is 2.85. The Hall–Kier alpha value is -3.36. The molecule has 0 heterocycles. The highest BCUT2D eigenvalue weighted by atomic mass is 35.5. The number of nitrogens with zero attached hydrogens (tertiary/aromatic N) is 2. The molecule has 0 aromatic heterocycles. The molecule has 0 bridgehead atoms. The predicted molar refractivity (Wildman–Crippen MR) is 126 cm³/mol. The molecule has 3 aromatic carbocycles. The molecule has 9 heteroatoms. The van der Waals surface area contributed by atoms with Crippen molar-refractivity contribution in [3.63, 3.8) is 0 Å². The maximum Gasteiger partial charge on any atom is 0.264 e. The zero-order valence-electron chi connectivity index (χ0n) is 17.5. The van der Waals surface area contributed by atoms with Gasteiger partial charge in [-0.25, -0.2) is 13.8 Å². The molecular weight excluding hydrogens is 450 g/mol. The van der Waals surface area contributed by atoms with Gasteiger partial charge in [0.1, 0.15) is 12.3 Å². The fraction of sp³-hybridized carbons (Fsp3) is 0.130. The molecule has 32 heavy (non-hydrogen) atoms. The summed E-state index contributed by atoms with van der Waals surface area (Å²) >= 11 is 5.95. The van der Waals surface area contributed by atoms with Crippen molar-refractivity contribution >= 4 is 38.9 Å². The van der Waals surface area contributed by atoms with Gasteiger partial charge in [0, 0.05) is 5.02 Å². The van der Waals surface area contributed by atoms with E-state index in [1.807, 2.05) is 30.3 Å². The maximum atomic E-state index is 13.3. The minimum absolute atomic E-state index is 0.0185. The van der Waals surface area contributed by atoms with Gasteiger partial charge in [0.05, 0.1) is 23.4 Å². The van der Waals surface area contributed by atoms with Crippen LogP contribution >= 0.6 is 11.6 Å². The zero-order valence-corrected chi connectivity index (χ0v) is 19.1. The Morgan fingerprint density at radius 3 is 2.22 bits per heavy atom. The van der Waals surface area contributed by atoms with E-state index in [9.17, 15) is 13.2 Å². The summed E-state index contributed by atoms with van der Waals surface area (Å²) in [6, 6.07) is 21.4. The first-order valence-electron chi connectivity index (χ1n) is 9.62. The lowest BCUT2D eigenvalue weighted by Gasteiger charge is -2.24. The standard InChI is InChI=1S/C23H22ClN3O4S/c1-17(18-6-4-3-5-7-18)25-26-23(28)16-27(20-10-8-19(24)9-11-20)32(29,30)22-14-12-21(31-2)13-15-22/h3-15H,16H2,1-2H3,(H,26,28)/b25-17-. The van der Waals surface area contributed by atoms with Gasteiger partial charge in [-0.2, -0.15) is 5.10 Å². The van der Waals surface area contributed by atoms with Crippen LogP contribution in [0.4, 0.5) is 5.69 Å². The van der Waals surface area contributed by atoms with E-state index < -0.39 is 22.5 Å². The number of nitrogens with one attached hydrogen (secondary N) is 1. The van der Waals surface area contributed by atoms with Crippen molar-refractivity contribution in [2.24, 2.45) is 5.10 Å². The quantitative estimate of drug-likeness (QED) is 0.396. The van der Waals surface area contributed by atoms with Crippen molar-refractivity contribution in [1.29, 1.82) is 0 Å². The lowest BCUT2D eigenvalue weighted by molar-refractivity contribution is -0.119. The summed E-state index contributed by atoms with van der Waals surface area (Å²) in [5.41, 5.74) is 4.16. The van der Waals surface area contributed by atoms with E-state index in [-0.39, 0.29) is 4.90 Å². The van der Waals surface area contributed by atoms with Gasteiger partial charge in [-0.15, -0.1) is 0 Å². The first-order chi connectivity index (χ1) is 15.3. The topological polar surface area (TPSA) is 88.1 Å². The molecule has 0 radical (unpaired) electrons. The fourth-order valence-corrected chi connectivity index (χ4v) is 4.40. The largest absolute Gasteiger partial charge is 0.497 e. The van der Waals surface area contributed by atoms with E-state index in [4.69, 9.17) is 16.3 Å². The number of rotatable bonds is 8. The molecule has 0 atom stereocenters. The van der Waals surface area contributed by atoms with E-state index in [2.05, 4.69) is 10.5 Å². The number of ether oxygens (including phenoxy) is 1. The average molecular weight is 472 g/mol. The Kier molecular flexibility index (Phi) is 7.50. The second-order valence-electron chi connectivity index (χ2n) is 6.76. The van der Waals surface area contributed by atoms with Gasteiger partial charge in [-0.05, 0) is 61.0 Å². The molecule has 1 N–H and O–H groups in total. The van der Waals surface area contributed by atoms with Gasteiger partial charge in [0.15, 0.2) is 0 Å². The number of methoxy groups -OCH3 is 1. The van der Waals surface area contributed by atoms with Crippen LogP contribution in [0.15, 0.2) is 88.9 Å². The Labute approximate surface area is 192 Å². The Bertz CT molecular complexity index is 1200. The minimum Gasteiger partial charge on any atom is -0.497 e. The number of hydrogen-bond acceptors (Lipinski definition) is 5. The van der Waals surface area contributed by atoms with Crippen LogP contribution in [0.5, 0.6) is 5.75 Å². The van der Waals surface area contributed by atoms with Gasteiger partial charge in [0.2, 0.25) is 0 Å². The number of halogens is 1. The molecule has 0 fully saturated rings. The zero-order chi connectivity index (χ0) is 23.1. The van der Waals surface area contributed by atoms with Crippen LogP contribution in [0.3, 0.4) is 0 Å². The lowest BCUT2D eigenvalue weighted by atomic mass is 10.1. The molecule has 7 nitrogen and oxygen atoms in total. The third-order valence-corrected chi connectivity index (χ3v) is 6.63. The number of benzene rings is 3. The van der Waals surface area contributed by atoms with Crippen molar-refractivity contribution in [2.45, 2.75) is 11.8 Å². The predicted octanol–water partition coefficient (Wildman–Crippen LogP) is 4.08. The van der Waals surface area contributed by atoms with Crippen LogP contribution in [0, 0.1) is 0 Å². The number of hydrogen-bond donors (Lipinski definition) is 1. The number of anilines is 1. The van der Waals surface area contributed by atoms with Gasteiger partial charge in [0.25, 0.3) is 15.9 Å². The first kappa shape index (κ1) is 23.3. The van der Waals surface area contributed by atoms with Gasteiger partial charge in [-0.1, -0.05) is 41.9 Å². The first-order valence-corrected chi connectivity index (χ1v) is 11.4. The SMILES string of the molecule is COc1ccc(S(=O)(=O)N(CC(=O)N/N=C(/C)c2ccccc2)c2ccc(Cl)cc2)cc1. The lowest BCUT2D eigenvalue weighted by Crippen LogP contribution is -2.39. The summed E-state index contributed by atoms with van der Waals surface area (Å²) in [5, 5.41) is 4.54. The summed E-state index contributed by atoms with van der Waals surface area (Å²) < 4.78 is 32.8. The number of carbonyl (C=O) groups is 1. The molecule has 3 aromatic rings. The molecule has 0 unspecified atom stereocenters. The van der Waals surface area contributed by atoms with E-state index in [0.717, 1.165) is 9.87 Å². The molecule has 0 aliphatic carbocycles. The third-order valence-electron chi connectivity index (χ3n) is 4.59. The monoisotopic (exact) mass is 471 g/mol. The van der Waals surface area contributed by atoms with Crippen LogP contribution in [0.2, 0.25) is 5.02 Å². The molecule has 1 amide bonds. The highest BCUT2D eigenvalue weighted by molar-refractivity contribution is 7.92. The molecule has 0 saturated carbocycles. The summed E-state index contributed by atoms with van der Waals surface area (Å²) in [7, 11) is -2.56. The number of amides is 1. The number of sulfonamides is 1. The van der Waals surface area contributed by atoms with Crippen LogP contribution in [0.25, 0.3) is 0 Å². The van der Waals surface area contributed by atoms with Crippen molar-refractivity contribution in [3.05, 3.63) is 89.4 Å². The highest BCUT2D eigenvalue weighted by Crippen LogP contribution is 2.26. The van der Waals surface area contributed by atoms with E-state index in [0.29, 0.717) is 22.2 Å². The summed E-state index contributed by atoms with van der Waals surface area (Å²) in [6.45, 7) is 1.28. The average Bonchev–Trinajstić information content (AvgIpc) is 2.82. The van der Waals surface area contributed by atoms with Crippen LogP contribution in [-0.4, -0.2) is 33.7 Å².